The normalized spacial score (nSPS) is 10.0. The summed E-state index contributed by atoms with van der Waals surface area (Å²) in [6.45, 7) is -0.165. The summed E-state index contributed by atoms with van der Waals surface area (Å²) >= 11 is 5.79. The van der Waals surface area contributed by atoms with E-state index in [4.69, 9.17) is 25.8 Å². The lowest BCUT2D eigenvalue weighted by molar-refractivity contribution is -0.124. The first-order valence-electron chi connectivity index (χ1n) is 7.30. The van der Waals surface area contributed by atoms with Crippen molar-refractivity contribution in [1.82, 2.24) is 10.3 Å². The van der Waals surface area contributed by atoms with Crippen LogP contribution in [0.4, 0.5) is 0 Å². The number of carbonyl (C=O) groups excluding carboxylic acids is 2. The van der Waals surface area contributed by atoms with Crippen molar-refractivity contribution in [2.24, 2.45) is 0 Å². The molecule has 2 aromatic rings. The molecule has 0 bridgehead atoms. The van der Waals surface area contributed by atoms with Crippen molar-refractivity contribution < 1.29 is 23.8 Å². The minimum Gasteiger partial charge on any atom is -0.493 e. The Morgan fingerprint density at radius 3 is 2.60 bits per heavy atom. The Labute approximate surface area is 149 Å². The number of hydrogen-bond donors (Lipinski definition) is 1. The molecule has 8 heteroatoms. The number of hydrogen-bond acceptors (Lipinski definition) is 6. The molecule has 0 radical (unpaired) electrons. The third-order valence-corrected chi connectivity index (χ3v) is 3.55. The highest BCUT2D eigenvalue weighted by molar-refractivity contribution is 6.32. The van der Waals surface area contributed by atoms with Gasteiger partial charge in [-0.3, -0.25) is 4.79 Å². The highest BCUT2D eigenvalue weighted by Crippen LogP contribution is 2.27. The summed E-state index contributed by atoms with van der Waals surface area (Å²) in [5, 5.41) is 2.67. The summed E-state index contributed by atoms with van der Waals surface area (Å²) in [5.74, 6) is 0.00858. The zero-order chi connectivity index (χ0) is 18.2. The molecule has 7 nitrogen and oxygen atoms in total. The smallest absolute Gasteiger partial charge is 0.341 e. The Balaban J connectivity index is 1.85. The van der Waals surface area contributed by atoms with Gasteiger partial charge in [0.2, 0.25) is 0 Å². The summed E-state index contributed by atoms with van der Waals surface area (Å²) in [6, 6.07) is 8.31. The maximum Gasteiger partial charge on any atom is 0.341 e. The molecule has 0 unspecified atom stereocenters. The number of nitrogens with zero attached hydrogens (tertiary/aromatic N) is 1. The lowest BCUT2D eigenvalue weighted by Crippen LogP contribution is -2.28. The van der Waals surface area contributed by atoms with E-state index < -0.39 is 18.5 Å². The molecule has 0 saturated heterocycles. The molecule has 0 aliphatic heterocycles. The average molecular weight is 365 g/mol. The number of ether oxygens (including phenoxy) is 3. The van der Waals surface area contributed by atoms with Gasteiger partial charge in [-0.2, -0.15) is 0 Å². The zero-order valence-corrected chi connectivity index (χ0v) is 14.5. The third kappa shape index (κ3) is 5.09. The van der Waals surface area contributed by atoms with Crippen molar-refractivity contribution in [3.05, 3.63) is 52.8 Å². The van der Waals surface area contributed by atoms with Gasteiger partial charge >= 0.3 is 5.97 Å². The predicted molar refractivity (Wildman–Crippen MR) is 90.9 cm³/mol. The Morgan fingerprint density at radius 2 is 1.92 bits per heavy atom. The lowest BCUT2D eigenvalue weighted by Gasteiger charge is -2.10. The molecule has 132 valence electrons. The molecule has 0 saturated carbocycles. The molecule has 0 atom stereocenters. The number of pyridine rings is 1. The second-order valence-corrected chi connectivity index (χ2v) is 5.24. The van der Waals surface area contributed by atoms with Gasteiger partial charge in [0, 0.05) is 12.7 Å². The summed E-state index contributed by atoms with van der Waals surface area (Å²) in [7, 11) is 3.07. The molecule has 2 rings (SSSR count). The van der Waals surface area contributed by atoms with Crippen LogP contribution in [0.15, 0.2) is 36.5 Å². The first-order valence-corrected chi connectivity index (χ1v) is 7.68. The molecule has 0 aliphatic rings. The average Bonchev–Trinajstić information content (AvgIpc) is 2.64. The number of amides is 1. The number of carbonyl (C=O) groups is 2. The lowest BCUT2D eigenvalue weighted by atomic mass is 10.2. The van der Waals surface area contributed by atoms with E-state index >= 15 is 0 Å². The van der Waals surface area contributed by atoms with Crippen LogP contribution in [-0.4, -0.2) is 37.7 Å². The maximum atomic E-state index is 11.8. The summed E-state index contributed by atoms with van der Waals surface area (Å²) in [5.41, 5.74) is 0.921. The monoisotopic (exact) mass is 364 g/mol. The Bertz CT molecular complexity index is 766. The minimum atomic E-state index is -0.709. The molecule has 0 aliphatic carbocycles. The van der Waals surface area contributed by atoms with E-state index in [-0.39, 0.29) is 17.3 Å². The molecule has 0 fully saturated rings. The van der Waals surface area contributed by atoms with E-state index in [1.165, 1.54) is 19.4 Å². The van der Waals surface area contributed by atoms with Crippen molar-refractivity contribution in [3.8, 4) is 11.5 Å². The molecule has 25 heavy (non-hydrogen) atoms. The first-order chi connectivity index (χ1) is 12.0. The van der Waals surface area contributed by atoms with Crippen molar-refractivity contribution >= 4 is 23.5 Å². The van der Waals surface area contributed by atoms with E-state index in [0.717, 1.165) is 5.56 Å². The number of benzene rings is 1. The molecular weight excluding hydrogens is 348 g/mol. The minimum absolute atomic E-state index is 0.0261. The Morgan fingerprint density at radius 1 is 1.16 bits per heavy atom. The van der Waals surface area contributed by atoms with Crippen LogP contribution < -0.4 is 14.8 Å². The number of methoxy groups -OCH3 is 2. The van der Waals surface area contributed by atoms with Crippen LogP contribution in [0.5, 0.6) is 11.5 Å². The second-order valence-electron chi connectivity index (χ2n) is 4.88. The Hall–Kier alpha value is -2.80. The zero-order valence-electron chi connectivity index (χ0n) is 13.7. The van der Waals surface area contributed by atoms with Gasteiger partial charge in [0.05, 0.1) is 19.8 Å². The maximum absolute atomic E-state index is 11.8. The van der Waals surface area contributed by atoms with E-state index in [0.29, 0.717) is 11.5 Å². The molecular formula is C17H17ClN2O5. The summed E-state index contributed by atoms with van der Waals surface area (Å²) < 4.78 is 15.3. The standard InChI is InChI=1S/C17H17ClN2O5/c1-23-13-6-5-11(8-14(13)24-2)9-20-15(21)10-25-17(22)12-4-3-7-19-16(12)18/h3-8H,9-10H2,1-2H3,(H,20,21). The number of esters is 1. The van der Waals surface area contributed by atoms with Gasteiger partial charge in [-0.1, -0.05) is 17.7 Å². The molecule has 1 N–H and O–H groups in total. The molecule has 1 heterocycles. The highest BCUT2D eigenvalue weighted by Gasteiger charge is 2.14. The first kappa shape index (κ1) is 18.5. The van der Waals surface area contributed by atoms with Crippen LogP contribution in [0.1, 0.15) is 15.9 Å². The predicted octanol–water partition coefficient (Wildman–Crippen LogP) is 2.23. The topological polar surface area (TPSA) is 86.8 Å². The van der Waals surface area contributed by atoms with Gasteiger partial charge in [0.15, 0.2) is 18.1 Å². The molecule has 1 aromatic heterocycles. The van der Waals surface area contributed by atoms with Crippen LogP contribution in [0.25, 0.3) is 0 Å². The van der Waals surface area contributed by atoms with Crippen LogP contribution in [0.2, 0.25) is 5.15 Å². The summed E-state index contributed by atoms with van der Waals surface area (Å²) in [4.78, 5) is 27.4. The summed E-state index contributed by atoms with van der Waals surface area (Å²) in [6.07, 6.45) is 1.45. The van der Waals surface area contributed by atoms with Gasteiger partial charge in [0.25, 0.3) is 5.91 Å². The van der Waals surface area contributed by atoms with Crippen molar-refractivity contribution in [3.63, 3.8) is 0 Å². The number of nitrogens with one attached hydrogen (secondary N) is 1. The van der Waals surface area contributed by atoms with Crippen LogP contribution in [-0.2, 0) is 16.1 Å². The van der Waals surface area contributed by atoms with E-state index in [9.17, 15) is 9.59 Å². The van der Waals surface area contributed by atoms with E-state index in [1.807, 2.05) is 0 Å². The van der Waals surface area contributed by atoms with Crippen molar-refractivity contribution in [2.45, 2.75) is 6.54 Å². The van der Waals surface area contributed by atoms with Gasteiger partial charge in [-0.25, -0.2) is 9.78 Å². The van der Waals surface area contributed by atoms with Gasteiger partial charge in [-0.05, 0) is 29.8 Å². The van der Waals surface area contributed by atoms with Gasteiger partial charge < -0.3 is 19.5 Å². The highest BCUT2D eigenvalue weighted by atomic mass is 35.5. The van der Waals surface area contributed by atoms with Crippen LogP contribution in [0, 0.1) is 0 Å². The third-order valence-electron chi connectivity index (χ3n) is 3.25. The SMILES string of the molecule is COc1ccc(CNC(=O)COC(=O)c2cccnc2Cl)cc1OC. The number of rotatable bonds is 7. The van der Waals surface area contributed by atoms with Crippen LogP contribution >= 0.6 is 11.6 Å². The fourth-order valence-corrected chi connectivity index (χ4v) is 2.19. The second kappa shape index (κ2) is 8.89. The molecule has 0 spiro atoms. The quantitative estimate of drug-likeness (QED) is 0.599. The fourth-order valence-electron chi connectivity index (χ4n) is 1.99. The van der Waals surface area contributed by atoms with Crippen molar-refractivity contribution in [1.29, 1.82) is 0 Å². The number of aromatic nitrogens is 1. The van der Waals surface area contributed by atoms with Crippen molar-refractivity contribution in [2.75, 3.05) is 20.8 Å². The van der Waals surface area contributed by atoms with E-state index in [2.05, 4.69) is 10.3 Å². The fraction of sp³-hybridized carbons (Fsp3) is 0.235. The molecule has 1 aromatic carbocycles. The largest absolute Gasteiger partial charge is 0.493 e. The van der Waals surface area contributed by atoms with Gasteiger partial charge in [0.1, 0.15) is 5.15 Å². The van der Waals surface area contributed by atoms with Crippen LogP contribution in [0.3, 0.4) is 0 Å². The molecule has 1 amide bonds. The van der Waals surface area contributed by atoms with Gasteiger partial charge in [-0.15, -0.1) is 0 Å². The Kier molecular flexibility index (Phi) is 6.59. The van der Waals surface area contributed by atoms with E-state index in [1.54, 1.807) is 31.4 Å². The number of halogens is 1.